The number of esters is 1. The van der Waals surface area contributed by atoms with Gasteiger partial charge in [0.15, 0.2) is 0 Å². The summed E-state index contributed by atoms with van der Waals surface area (Å²) < 4.78 is 5.01. The minimum absolute atomic E-state index is 0.332. The van der Waals surface area contributed by atoms with Crippen LogP contribution in [0.4, 0.5) is 0 Å². The molecule has 0 spiro atoms. The summed E-state index contributed by atoms with van der Waals surface area (Å²) >= 11 is 0. The molecule has 16 heavy (non-hydrogen) atoms. The zero-order valence-corrected chi connectivity index (χ0v) is 10.9. The van der Waals surface area contributed by atoms with Crippen LogP contribution in [0.1, 0.15) is 40.0 Å². The van der Waals surface area contributed by atoms with Gasteiger partial charge < -0.3 is 4.74 Å². The van der Waals surface area contributed by atoms with E-state index in [0.717, 1.165) is 32.4 Å². The predicted octanol–water partition coefficient (Wildman–Crippen LogP) is 2.62. The highest BCUT2D eigenvalue weighted by Gasteiger charge is 2.13. The molecule has 0 aromatic carbocycles. The van der Waals surface area contributed by atoms with Crippen molar-refractivity contribution in [1.82, 2.24) is 4.90 Å². The number of carbonyl (C=O) groups excluding carboxylic acids is 1. The van der Waals surface area contributed by atoms with Gasteiger partial charge >= 0.3 is 5.97 Å². The zero-order chi connectivity index (χ0) is 12.4. The first-order valence-electron chi connectivity index (χ1n) is 6.22. The summed E-state index contributed by atoms with van der Waals surface area (Å²) in [5, 5.41) is 0. The Hall–Kier alpha value is -0.830. The molecule has 0 saturated carbocycles. The lowest BCUT2D eigenvalue weighted by molar-refractivity contribution is -0.138. The molecule has 0 radical (unpaired) electrons. The summed E-state index contributed by atoms with van der Waals surface area (Å²) in [6.45, 7) is 12.3. The molecular weight excluding hydrogens is 202 g/mol. The van der Waals surface area contributed by atoms with Crippen molar-refractivity contribution in [2.75, 3.05) is 19.7 Å². The Morgan fingerprint density at radius 3 is 2.38 bits per heavy atom. The average Bonchev–Trinajstić information content (AvgIpc) is 2.30. The van der Waals surface area contributed by atoms with E-state index < -0.39 is 0 Å². The van der Waals surface area contributed by atoms with Crippen LogP contribution in [0.2, 0.25) is 0 Å². The van der Waals surface area contributed by atoms with Gasteiger partial charge in [0.2, 0.25) is 0 Å². The fourth-order valence-corrected chi connectivity index (χ4v) is 1.89. The first-order chi connectivity index (χ1) is 7.69. The number of rotatable bonds is 9. The van der Waals surface area contributed by atoms with Gasteiger partial charge in [-0.2, -0.15) is 0 Å². The van der Waals surface area contributed by atoms with E-state index in [9.17, 15) is 4.79 Å². The summed E-state index contributed by atoms with van der Waals surface area (Å²) in [5.41, 5.74) is 0. The Kier molecular flexibility index (Phi) is 8.91. The summed E-state index contributed by atoms with van der Waals surface area (Å²) in [7, 11) is 0. The fraction of sp³-hybridized carbons (Fsp3) is 0.769. The van der Waals surface area contributed by atoms with E-state index in [1.807, 2.05) is 0 Å². The second-order valence-electron chi connectivity index (χ2n) is 3.88. The number of hydrogen-bond donors (Lipinski definition) is 0. The SMILES string of the molecule is C=CC(=O)OCCN(CCC)C(CC)CC. The van der Waals surface area contributed by atoms with Crippen molar-refractivity contribution in [3.63, 3.8) is 0 Å². The van der Waals surface area contributed by atoms with E-state index in [0.29, 0.717) is 12.6 Å². The number of ether oxygens (including phenoxy) is 1. The average molecular weight is 227 g/mol. The molecule has 0 aliphatic carbocycles. The molecule has 0 aromatic rings. The van der Waals surface area contributed by atoms with Crippen molar-refractivity contribution in [2.24, 2.45) is 0 Å². The van der Waals surface area contributed by atoms with Crippen LogP contribution in [-0.4, -0.2) is 36.6 Å². The van der Waals surface area contributed by atoms with E-state index in [4.69, 9.17) is 4.74 Å². The molecule has 3 heteroatoms. The lowest BCUT2D eigenvalue weighted by atomic mass is 10.1. The monoisotopic (exact) mass is 227 g/mol. The largest absolute Gasteiger partial charge is 0.461 e. The van der Waals surface area contributed by atoms with Gasteiger partial charge in [-0.15, -0.1) is 0 Å². The maximum atomic E-state index is 10.9. The van der Waals surface area contributed by atoms with Crippen LogP contribution in [0.25, 0.3) is 0 Å². The Morgan fingerprint density at radius 2 is 1.94 bits per heavy atom. The third-order valence-electron chi connectivity index (χ3n) is 2.76. The van der Waals surface area contributed by atoms with Crippen LogP contribution >= 0.6 is 0 Å². The van der Waals surface area contributed by atoms with Crippen LogP contribution in [0.5, 0.6) is 0 Å². The van der Waals surface area contributed by atoms with Gasteiger partial charge in [-0.05, 0) is 25.8 Å². The minimum Gasteiger partial charge on any atom is -0.461 e. The van der Waals surface area contributed by atoms with E-state index in [-0.39, 0.29) is 5.97 Å². The molecule has 0 atom stereocenters. The highest BCUT2D eigenvalue weighted by molar-refractivity contribution is 5.81. The zero-order valence-electron chi connectivity index (χ0n) is 10.9. The summed E-state index contributed by atoms with van der Waals surface area (Å²) in [6, 6.07) is 0.599. The summed E-state index contributed by atoms with van der Waals surface area (Å²) in [4.78, 5) is 13.3. The smallest absolute Gasteiger partial charge is 0.330 e. The van der Waals surface area contributed by atoms with E-state index in [1.54, 1.807) is 0 Å². The van der Waals surface area contributed by atoms with Crippen molar-refractivity contribution in [3.8, 4) is 0 Å². The highest BCUT2D eigenvalue weighted by Crippen LogP contribution is 2.08. The first-order valence-corrected chi connectivity index (χ1v) is 6.22. The van der Waals surface area contributed by atoms with Crippen molar-refractivity contribution in [1.29, 1.82) is 0 Å². The molecule has 0 aliphatic heterocycles. The molecular formula is C13H25NO2. The third kappa shape index (κ3) is 5.91. The van der Waals surface area contributed by atoms with Crippen LogP contribution in [0.15, 0.2) is 12.7 Å². The maximum Gasteiger partial charge on any atom is 0.330 e. The lowest BCUT2D eigenvalue weighted by Crippen LogP contribution is -2.37. The molecule has 0 N–H and O–H groups in total. The van der Waals surface area contributed by atoms with Crippen LogP contribution in [0, 0.1) is 0 Å². The third-order valence-corrected chi connectivity index (χ3v) is 2.76. The normalized spacial score (nSPS) is 10.8. The van der Waals surface area contributed by atoms with Crippen LogP contribution in [0.3, 0.4) is 0 Å². The molecule has 0 rings (SSSR count). The fourth-order valence-electron chi connectivity index (χ4n) is 1.89. The van der Waals surface area contributed by atoms with Gasteiger partial charge in [-0.25, -0.2) is 4.79 Å². The van der Waals surface area contributed by atoms with Gasteiger partial charge in [0.05, 0.1) is 0 Å². The molecule has 0 fully saturated rings. The summed E-state index contributed by atoms with van der Waals surface area (Å²) in [5.74, 6) is -0.332. The van der Waals surface area contributed by atoms with Gasteiger partial charge in [0.1, 0.15) is 6.61 Å². The number of carbonyl (C=O) groups is 1. The highest BCUT2D eigenvalue weighted by atomic mass is 16.5. The Morgan fingerprint density at radius 1 is 1.31 bits per heavy atom. The summed E-state index contributed by atoms with van der Waals surface area (Å²) in [6.07, 6.45) is 4.63. The van der Waals surface area contributed by atoms with E-state index in [2.05, 4.69) is 32.3 Å². The molecule has 0 aliphatic rings. The molecule has 3 nitrogen and oxygen atoms in total. The molecule has 0 aromatic heterocycles. The predicted molar refractivity (Wildman–Crippen MR) is 67.4 cm³/mol. The topological polar surface area (TPSA) is 29.5 Å². The van der Waals surface area contributed by atoms with Gasteiger partial charge in [-0.1, -0.05) is 27.4 Å². The van der Waals surface area contributed by atoms with Gasteiger partial charge in [0.25, 0.3) is 0 Å². The van der Waals surface area contributed by atoms with Crippen molar-refractivity contribution in [3.05, 3.63) is 12.7 Å². The van der Waals surface area contributed by atoms with Crippen molar-refractivity contribution < 1.29 is 9.53 Å². The molecule has 94 valence electrons. The van der Waals surface area contributed by atoms with Gasteiger partial charge in [-0.3, -0.25) is 4.90 Å². The second-order valence-corrected chi connectivity index (χ2v) is 3.88. The second kappa shape index (κ2) is 9.40. The minimum atomic E-state index is -0.332. The quantitative estimate of drug-likeness (QED) is 0.448. The van der Waals surface area contributed by atoms with Crippen molar-refractivity contribution >= 4 is 5.97 Å². The number of hydrogen-bond acceptors (Lipinski definition) is 3. The molecule has 0 unspecified atom stereocenters. The van der Waals surface area contributed by atoms with E-state index in [1.165, 1.54) is 6.08 Å². The van der Waals surface area contributed by atoms with Crippen LogP contribution < -0.4 is 0 Å². The Balaban J connectivity index is 4.01. The molecule has 0 bridgehead atoms. The van der Waals surface area contributed by atoms with Crippen LogP contribution in [-0.2, 0) is 9.53 Å². The molecule has 0 saturated heterocycles. The van der Waals surface area contributed by atoms with E-state index >= 15 is 0 Å². The molecule has 0 amide bonds. The number of nitrogens with zero attached hydrogens (tertiary/aromatic N) is 1. The maximum absolute atomic E-state index is 10.9. The standard InChI is InChI=1S/C13H25NO2/c1-5-9-14(12(6-2)7-3)10-11-16-13(15)8-4/h8,12H,4-7,9-11H2,1-3H3. The van der Waals surface area contributed by atoms with Gasteiger partial charge in [0, 0.05) is 18.7 Å². The first kappa shape index (κ1) is 15.2. The lowest BCUT2D eigenvalue weighted by Gasteiger charge is -2.29. The van der Waals surface area contributed by atoms with Crippen molar-refractivity contribution in [2.45, 2.75) is 46.1 Å². The Labute approximate surface area is 99.5 Å². The molecule has 0 heterocycles. The Bertz CT molecular complexity index is 200.